The quantitative estimate of drug-likeness (QED) is 0.471. The molecule has 2 aromatic carbocycles. The molecule has 0 aliphatic rings. The molecule has 2 N–H and O–H groups in total. The Morgan fingerprint density at radius 3 is 2.64 bits per heavy atom. The third-order valence-electron chi connectivity index (χ3n) is 4.03. The number of methoxy groups -OCH3 is 1. The van der Waals surface area contributed by atoms with Gasteiger partial charge in [-0.25, -0.2) is 4.79 Å². The van der Waals surface area contributed by atoms with Crippen LogP contribution >= 0.6 is 23.4 Å². The fraction of sp³-hybridized carbons (Fsp3) is 0.211. The van der Waals surface area contributed by atoms with E-state index in [1.165, 1.54) is 4.68 Å². The molecule has 0 aliphatic carbocycles. The van der Waals surface area contributed by atoms with Crippen molar-refractivity contribution in [3.63, 3.8) is 0 Å². The molecule has 0 saturated carbocycles. The summed E-state index contributed by atoms with van der Waals surface area (Å²) in [5.74, 6) is 0.431. The Morgan fingerprint density at radius 1 is 1.29 bits per heavy atom. The number of carbonyl (C=O) groups excluding carboxylic acids is 1. The maximum Gasteiger partial charge on any atom is 0.442 e. The van der Waals surface area contributed by atoms with E-state index in [-0.39, 0.29) is 10.9 Å². The Labute approximate surface area is 170 Å². The highest BCUT2D eigenvalue weighted by molar-refractivity contribution is 8.00. The lowest BCUT2D eigenvalue weighted by atomic mass is 10.2. The van der Waals surface area contributed by atoms with E-state index in [1.54, 1.807) is 50.4 Å². The number of nitrogens with zero attached hydrogens (tertiary/aromatic N) is 1. The van der Waals surface area contributed by atoms with E-state index >= 15 is 0 Å². The molecule has 0 fully saturated rings. The minimum atomic E-state index is -0.557. The first-order valence-electron chi connectivity index (χ1n) is 8.40. The Bertz CT molecular complexity index is 1050. The van der Waals surface area contributed by atoms with E-state index in [2.05, 4.69) is 10.6 Å². The number of ether oxygens (including phenoxy) is 1. The summed E-state index contributed by atoms with van der Waals surface area (Å²) in [6, 6.07) is 12.4. The van der Waals surface area contributed by atoms with Gasteiger partial charge in [-0.3, -0.25) is 9.32 Å². The van der Waals surface area contributed by atoms with E-state index in [4.69, 9.17) is 20.9 Å². The summed E-state index contributed by atoms with van der Waals surface area (Å²) in [5.41, 5.74) is 1.63. The number of rotatable bonds is 6. The molecule has 146 valence electrons. The maximum absolute atomic E-state index is 12.5. The second-order valence-electron chi connectivity index (χ2n) is 6.03. The number of halogens is 1. The van der Waals surface area contributed by atoms with Crippen LogP contribution in [0.2, 0.25) is 5.02 Å². The number of benzene rings is 2. The van der Waals surface area contributed by atoms with Gasteiger partial charge in [-0.15, -0.1) is 0 Å². The summed E-state index contributed by atoms with van der Waals surface area (Å²) in [7, 11) is 1.57. The van der Waals surface area contributed by atoms with E-state index in [9.17, 15) is 9.59 Å². The first-order valence-corrected chi connectivity index (χ1v) is 9.66. The van der Waals surface area contributed by atoms with Gasteiger partial charge in [0.1, 0.15) is 5.75 Å². The smallest absolute Gasteiger partial charge is 0.442 e. The summed E-state index contributed by atoms with van der Waals surface area (Å²) in [6.07, 6.45) is 0. The van der Waals surface area contributed by atoms with Gasteiger partial charge < -0.3 is 10.1 Å². The molecule has 3 aromatic rings. The number of aromatic nitrogens is 2. The van der Waals surface area contributed by atoms with Crippen molar-refractivity contribution in [2.45, 2.75) is 24.1 Å². The number of nitrogens with one attached hydrogen (secondary N) is 2. The Morgan fingerprint density at radius 2 is 2.00 bits per heavy atom. The van der Waals surface area contributed by atoms with Crippen LogP contribution < -0.4 is 20.4 Å². The van der Waals surface area contributed by atoms with E-state index in [0.717, 1.165) is 17.3 Å². The predicted octanol–water partition coefficient (Wildman–Crippen LogP) is 3.33. The fourth-order valence-corrected chi connectivity index (χ4v) is 3.47. The highest BCUT2D eigenvalue weighted by Crippen LogP contribution is 2.23. The Balaban J connectivity index is 1.77. The van der Waals surface area contributed by atoms with Crippen LogP contribution in [0.1, 0.15) is 12.5 Å². The summed E-state index contributed by atoms with van der Waals surface area (Å²) >= 11 is 7.19. The molecule has 0 radical (unpaired) electrons. The standard InChI is InChI=1S/C19H18ClN3O4S/c1-11-4-5-13(10-16(11)20)21-17(24)12(2)28-18-19(25)27-22-23(18)14-6-8-15(26-3)9-7-14/h4-10,12H,1-3H3,(H-,21,22,24,25)/p+1. The summed E-state index contributed by atoms with van der Waals surface area (Å²) in [6.45, 7) is 3.59. The molecule has 1 atom stereocenters. The van der Waals surface area contributed by atoms with Crippen molar-refractivity contribution in [2.75, 3.05) is 12.4 Å². The van der Waals surface area contributed by atoms with Crippen molar-refractivity contribution in [3.05, 3.63) is 63.5 Å². The van der Waals surface area contributed by atoms with Gasteiger partial charge in [0.2, 0.25) is 11.6 Å². The monoisotopic (exact) mass is 420 g/mol. The number of thioether (sulfide) groups is 1. The summed E-state index contributed by atoms with van der Waals surface area (Å²) < 4.78 is 11.5. The molecule has 0 bridgehead atoms. The van der Waals surface area contributed by atoms with Crippen molar-refractivity contribution in [1.82, 2.24) is 5.27 Å². The molecule has 7 nitrogen and oxygen atoms in total. The van der Waals surface area contributed by atoms with E-state index < -0.39 is 10.9 Å². The third kappa shape index (κ3) is 4.40. The first kappa shape index (κ1) is 20.0. The number of H-pyrrole nitrogens is 1. The van der Waals surface area contributed by atoms with Crippen molar-refractivity contribution < 1.29 is 18.7 Å². The van der Waals surface area contributed by atoms with Gasteiger partial charge >= 0.3 is 10.7 Å². The Kier molecular flexibility index (Phi) is 6.11. The van der Waals surface area contributed by atoms with Crippen LogP contribution in [0.5, 0.6) is 5.75 Å². The number of hydrogen-bond acceptors (Lipinski definition) is 5. The lowest BCUT2D eigenvalue weighted by molar-refractivity contribution is -0.704. The Hall–Kier alpha value is -2.71. The average molecular weight is 421 g/mol. The molecular weight excluding hydrogens is 402 g/mol. The zero-order valence-corrected chi connectivity index (χ0v) is 17.1. The number of aryl methyl sites for hydroxylation is 1. The minimum Gasteiger partial charge on any atom is -0.497 e. The van der Waals surface area contributed by atoms with Gasteiger partial charge in [0.05, 0.1) is 12.4 Å². The van der Waals surface area contributed by atoms with Gasteiger partial charge in [0, 0.05) is 22.8 Å². The number of amides is 1. The number of aromatic amines is 1. The zero-order chi connectivity index (χ0) is 20.3. The lowest BCUT2D eigenvalue weighted by Crippen LogP contribution is -2.37. The molecule has 1 amide bonds. The van der Waals surface area contributed by atoms with Gasteiger partial charge in [0.15, 0.2) is 0 Å². The zero-order valence-electron chi connectivity index (χ0n) is 15.5. The average Bonchev–Trinajstić information content (AvgIpc) is 3.05. The maximum atomic E-state index is 12.5. The normalized spacial score (nSPS) is 11.9. The lowest BCUT2D eigenvalue weighted by Gasteiger charge is -2.10. The van der Waals surface area contributed by atoms with Crippen LogP contribution in [0, 0.1) is 6.92 Å². The molecule has 0 aliphatic heterocycles. The van der Waals surface area contributed by atoms with E-state index in [0.29, 0.717) is 22.1 Å². The molecule has 0 saturated heterocycles. The minimum absolute atomic E-state index is 0.258. The highest BCUT2D eigenvalue weighted by atomic mass is 35.5. The van der Waals surface area contributed by atoms with Crippen molar-refractivity contribution in [1.29, 1.82) is 0 Å². The van der Waals surface area contributed by atoms with Crippen LogP contribution in [0.4, 0.5) is 5.69 Å². The van der Waals surface area contributed by atoms with Crippen LogP contribution in [0.3, 0.4) is 0 Å². The number of hydrogen-bond donors (Lipinski definition) is 2. The van der Waals surface area contributed by atoms with Crippen molar-refractivity contribution in [3.8, 4) is 11.4 Å². The number of carbonyl (C=O) groups is 1. The molecular formula is C19H19ClN3O4S+. The van der Waals surface area contributed by atoms with Crippen LogP contribution in [-0.2, 0) is 4.79 Å². The highest BCUT2D eigenvalue weighted by Gasteiger charge is 2.29. The molecule has 0 spiro atoms. The second kappa shape index (κ2) is 8.53. The molecule has 1 aromatic heterocycles. The van der Waals surface area contributed by atoms with Gasteiger partial charge in [-0.05, 0) is 65.4 Å². The molecule has 9 heteroatoms. The van der Waals surface area contributed by atoms with Crippen molar-refractivity contribution >= 4 is 35.0 Å². The van der Waals surface area contributed by atoms with Crippen LogP contribution in [-0.4, -0.2) is 23.5 Å². The largest absolute Gasteiger partial charge is 0.497 e. The third-order valence-corrected chi connectivity index (χ3v) is 5.58. The van der Waals surface area contributed by atoms with E-state index in [1.807, 2.05) is 13.0 Å². The molecule has 28 heavy (non-hydrogen) atoms. The SMILES string of the molecule is COc1ccc(-[n+]2[nH]oc(=O)c2SC(C)C(=O)Nc2ccc(C)c(Cl)c2)cc1. The molecule has 3 rings (SSSR count). The predicted molar refractivity (Wildman–Crippen MR) is 108 cm³/mol. The van der Waals surface area contributed by atoms with Gasteiger partial charge in [-0.1, -0.05) is 17.7 Å². The summed E-state index contributed by atoms with van der Waals surface area (Å²) in [5, 5.41) is 5.63. The first-order chi connectivity index (χ1) is 13.4. The van der Waals surface area contributed by atoms with Crippen LogP contribution in [0.15, 0.2) is 56.8 Å². The van der Waals surface area contributed by atoms with Crippen LogP contribution in [0.25, 0.3) is 5.69 Å². The second-order valence-corrected chi connectivity index (χ2v) is 7.77. The van der Waals surface area contributed by atoms with Crippen molar-refractivity contribution in [2.24, 2.45) is 0 Å². The number of anilines is 1. The fourth-order valence-electron chi connectivity index (χ4n) is 2.40. The van der Waals surface area contributed by atoms with Gasteiger partial charge in [0.25, 0.3) is 0 Å². The molecule has 1 unspecified atom stereocenters. The van der Waals surface area contributed by atoms with Gasteiger partial charge in [-0.2, -0.15) is 0 Å². The summed E-state index contributed by atoms with van der Waals surface area (Å²) in [4.78, 5) is 24.7. The molecule has 1 heterocycles. The topological polar surface area (TPSA) is 88.2 Å².